The van der Waals surface area contributed by atoms with Gasteiger partial charge in [-0.05, 0) is 38.1 Å². The van der Waals surface area contributed by atoms with Crippen LogP contribution in [0.5, 0.6) is 5.75 Å². The first-order valence-electron chi connectivity index (χ1n) is 10.4. The summed E-state index contributed by atoms with van der Waals surface area (Å²) in [6, 6.07) is 10.1. The van der Waals surface area contributed by atoms with E-state index in [0.29, 0.717) is 28.4 Å². The number of piperazine rings is 1. The first kappa shape index (κ1) is 20.2. The van der Waals surface area contributed by atoms with E-state index < -0.39 is 11.6 Å². The number of aromatic hydroxyl groups is 1. The monoisotopic (exact) mass is 431 g/mol. The maximum atomic E-state index is 14.7. The van der Waals surface area contributed by atoms with Gasteiger partial charge in [0.05, 0.1) is 11.1 Å². The van der Waals surface area contributed by atoms with Crippen LogP contribution in [0.15, 0.2) is 30.5 Å². The van der Waals surface area contributed by atoms with Gasteiger partial charge in [0.25, 0.3) is 0 Å². The molecule has 0 amide bonds. The van der Waals surface area contributed by atoms with Crippen LogP contribution in [0.25, 0.3) is 33.2 Å². The van der Waals surface area contributed by atoms with Gasteiger partial charge in [-0.15, -0.1) is 0 Å². The zero-order valence-electron chi connectivity index (χ0n) is 18.0. The van der Waals surface area contributed by atoms with E-state index >= 15 is 0 Å². The molecule has 0 spiro atoms. The van der Waals surface area contributed by atoms with Gasteiger partial charge in [-0.3, -0.25) is 4.68 Å². The fourth-order valence-corrected chi connectivity index (χ4v) is 4.46. The number of nitrogens with one attached hydrogen (secondary N) is 1. The molecule has 1 aliphatic rings. The fraction of sp³-hybridized carbons (Fsp3) is 0.304. The van der Waals surface area contributed by atoms with E-state index in [9.17, 15) is 14.8 Å². The highest BCUT2D eigenvalue weighted by molar-refractivity contribution is 5.91. The van der Waals surface area contributed by atoms with Crippen molar-refractivity contribution >= 4 is 27.5 Å². The minimum atomic E-state index is -0.836. The van der Waals surface area contributed by atoms with Crippen LogP contribution in [0.1, 0.15) is 19.5 Å². The van der Waals surface area contributed by atoms with Crippen LogP contribution in [0.2, 0.25) is 0 Å². The third kappa shape index (κ3) is 3.29. The SMILES string of the molecule is C[C@H]1CN(c2ccc3nc(-c4cc5cn(C)nc5c(F)c4O)nc(C#N)c3c2)C[C@H](C)N1. The number of nitrogens with zero attached hydrogens (tertiary/aromatic N) is 6. The molecule has 0 saturated carbocycles. The summed E-state index contributed by atoms with van der Waals surface area (Å²) in [5.74, 6) is -1.33. The maximum absolute atomic E-state index is 14.7. The zero-order chi connectivity index (χ0) is 22.6. The molecule has 1 saturated heterocycles. The molecule has 1 aliphatic heterocycles. The Morgan fingerprint density at radius 1 is 1.19 bits per heavy atom. The second-order valence-electron chi connectivity index (χ2n) is 8.41. The molecule has 9 heteroatoms. The Morgan fingerprint density at radius 2 is 1.94 bits per heavy atom. The van der Waals surface area contributed by atoms with Crippen molar-refractivity contribution in [2.24, 2.45) is 7.05 Å². The van der Waals surface area contributed by atoms with Gasteiger partial charge in [-0.2, -0.15) is 10.4 Å². The lowest BCUT2D eigenvalue weighted by Crippen LogP contribution is -2.54. The first-order chi connectivity index (χ1) is 15.3. The second-order valence-corrected chi connectivity index (χ2v) is 8.41. The quantitative estimate of drug-likeness (QED) is 0.503. The molecule has 2 aromatic heterocycles. The van der Waals surface area contributed by atoms with Crippen molar-refractivity contribution < 1.29 is 9.50 Å². The number of benzene rings is 2. The van der Waals surface area contributed by atoms with Gasteiger partial charge in [-0.25, -0.2) is 14.4 Å². The Balaban J connectivity index is 1.63. The van der Waals surface area contributed by atoms with Crippen LogP contribution >= 0.6 is 0 Å². The summed E-state index contributed by atoms with van der Waals surface area (Å²) in [7, 11) is 1.67. The Kier molecular flexibility index (Phi) is 4.68. The van der Waals surface area contributed by atoms with Crippen LogP contribution in [0.3, 0.4) is 0 Å². The van der Waals surface area contributed by atoms with E-state index in [1.165, 1.54) is 4.68 Å². The molecule has 4 aromatic rings. The Hall–Kier alpha value is -3.77. The second kappa shape index (κ2) is 7.43. The fourth-order valence-electron chi connectivity index (χ4n) is 4.46. The van der Waals surface area contributed by atoms with Gasteiger partial charge in [0.1, 0.15) is 11.6 Å². The van der Waals surface area contributed by atoms with Crippen molar-refractivity contribution in [1.82, 2.24) is 25.1 Å². The Labute approximate surface area is 183 Å². The number of aromatic nitrogens is 4. The lowest BCUT2D eigenvalue weighted by Gasteiger charge is -2.37. The number of hydrogen-bond acceptors (Lipinski definition) is 7. The van der Waals surface area contributed by atoms with Gasteiger partial charge < -0.3 is 15.3 Å². The highest BCUT2D eigenvalue weighted by atomic mass is 19.1. The number of phenols is 1. The number of fused-ring (bicyclic) bond motifs is 2. The van der Waals surface area contributed by atoms with Crippen molar-refractivity contribution in [3.8, 4) is 23.2 Å². The van der Waals surface area contributed by atoms with Gasteiger partial charge in [0.15, 0.2) is 23.1 Å². The van der Waals surface area contributed by atoms with Gasteiger partial charge in [0.2, 0.25) is 0 Å². The van der Waals surface area contributed by atoms with Gasteiger partial charge >= 0.3 is 0 Å². The van der Waals surface area contributed by atoms with Crippen molar-refractivity contribution in [2.45, 2.75) is 25.9 Å². The lowest BCUT2D eigenvalue weighted by molar-refractivity contribution is 0.407. The molecule has 8 nitrogen and oxygen atoms in total. The minimum absolute atomic E-state index is 0.0687. The topological polar surface area (TPSA) is 103 Å². The number of nitriles is 1. The summed E-state index contributed by atoms with van der Waals surface area (Å²) in [4.78, 5) is 11.2. The summed E-state index contributed by atoms with van der Waals surface area (Å²) >= 11 is 0. The molecule has 2 atom stereocenters. The number of phenolic OH excluding ortho intramolecular Hbond substituents is 1. The van der Waals surface area contributed by atoms with Gasteiger partial charge in [0, 0.05) is 54.9 Å². The molecular formula is C23H22FN7O. The van der Waals surface area contributed by atoms with E-state index in [1.54, 1.807) is 19.3 Å². The molecule has 3 heterocycles. The van der Waals surface area contributed by atoms with Crippen molar-refractivity contribution in [3.63, 3.8) is 0 Å². The predicted molar refractivity (Wildman–Crippen MR) is 120 cm³/mol. The Bertz CT molecular complexity index is 1400. The van der Waals surface area contributed by atoms with Crippen molar-refractivity contribution in [2.75, 3.05) is 18.0 Å². The lowest BCUT2D eigenvalue weighted by atomic mass is 10.1. The molecular weight excluding hydrogens is 409 g/mol. The van der Waals surface area contributed by atoms with E-state index in [2.05, 4.69) is 45.2 Å². The molecule has 2 N–H and O–H groups in total. The summed E-state index contributed by atoms with van der Waals surface area (Å²) in [6.07, 6.45) is 1.65. The van der Waals surface area contributed by atoms with Crippen LogP contribution in [0, 0.1) is 17.1 Å². The van der Waals surface area contributed by atoms with E-state index in [-0.39, 0.29) is 22.6 Å². The molecule has 5 rings (SSSR count). The van der Waals surface area contributed by atoms with Crippen molar-refractivity contribution in [1.29, 1.82) is 5.26 Å². The van der Waals surface area contributed by atoms with Crippen molar-refractivity contribution in [3.05, 3.63) is 42.0 Å². The number of anilines is 1. The molecule has 162 valence electrons. The average molecular weight is 431 g/mol. The molecule has 0 bridgehead atoms. The standard InChI is InChI=1S/C23H22FN7O/c1-12-9-31(10-13(2)26-12)15-4-5-18-16(7-15)19(8-25)28-23(27-18)17-6-14-11-30(3)29-21(14)20(24)22(17)32/h4-7,11-13,26,32H,9-10H2,1-3H3/t12-,13-/m0/s1. The molecule has 0 unspecified atom stereocenters. The summed E-state index contributed by atoms with van der Waals surface area (Å²) < 4.78 is 16.2. The largest absolute Gasteiger partial charge is 0.504 e. The maximum Gasteiger partial charge on any atom is 0.193 e. The number of halogens is 1. The highest BCUT2D eigenvalue weighted by Gasteiger charge is 2.23. The smallest absolute Gasteiger partial charge is 0.193 e. The average Bonchev–Trinajstić information content (AvgIpc) is 3.15. The normalized spacial score (nSPS) is 18.9. The van der Waals surface area contributed by atoms with E-state index in [1.807, 2.05) is 18.2 Å². The summed E-state index contributed by atoms with van der Waals surface area (Å²) in [6.45, 7) is 6.00. The Morgan fingerprint density at radius 3 is 2.66 bits per heavy atom. The van der Waals surface area contributed by atoms with Crippen LogP contribution < -0.4 is 10.2 Å². The first-order valence-corrected chi connectivity index (χ1v) is 10.4. The zero-order valence-corrected chi connectivity index (χ0v) is 18.0. The third-order valence-corrected chi connectivity index (χ3v) is 5.78. The van der Waals surface area contributed by atoms with Gasteiger partial charge in [-0.1, -0.05) is 0 Å². The molecule has 32 heavy (non-hydrogen) atoms. The third-order valence-electron chi connectivity index (χ3n) is 5.78. The van der Waals surface area contributed by atoms with E-state index in [4.69, 9.17) is 0 Å². The predicted octanol–water partition coefficient (Wildman–Crippen LogP) is 3.09. The molecule has 1 fully saturated rings. The molecule has 2 aromatic carbocycles. The highest BCUT2D eigenvalue weighted by Crippen LogP contribution is 2.36. The van der Waals surface area contributed by atoms with Crippen LogP contribution in [-0.2, 0) is 7.05 Å². The number of rotatable bonds is 2. The van der Waals surface area contributed by atoms with Crippen LogP contribution in [0.4, 0.5) is 10.1 Å². The molecule has 0 radical (unpaired) electrons. The van der Waals surface area contributed by atoms with Crippen LogP contribution in [-0.4, -0.2) is 50.0 Å². The molecule has 0 aliphatic carbocycles. The number of hydrogen-bond donors (Lipinski definition) is 2. The minimum Gasteiger partial charge on any atom is -0.504 e. The summed E-state index contributed by atoms with van der Waals surface area (Å²) in [5, 5.41) is 28.9. The summed E-state index contributed by atoms with van der Waals surface area (Å²) in [5.41, 5.74) is 1.91. The number of aryl methyl sites for hydroxylation is 1. The van der Waals surface area contributed by atoms with E-state index in [0.717, 1.165) is 18.8 Å².